The summed E-state index contributed by atoms with van der Waals surface area (Å²) in [6, 6.07) is 9.30. The number of hydrogen-bond donors (Lipinski definition) is 3. The minimum Gasteiger partial charge on any atom is -0.504 e. The molecule has 1 aromatic carbocycles. The standard InChI is InChI=1S/C16H16N4O4S/c17-25(23,24)12-5-3-11(4-6-12)7-8-18-16(22)13-10-20-9-1-2-14(21)15(20)19-13/h1-6,9-10,21H,7-8H2,(H,18,22)(H2,17,23,24). The number of nitrogens with two attached hydrogens (primary N) is 1. The largest absolute Gasteiger partial charge is 0.504 e. The molecule has 2 aromatic heterocycles. The van der Waals surface area contributed by atoms with Crippen molar-refractivity contribution in [1.82, 2.24) is 14.7 Å². The summed E-state index contributed by atoms with van der Waals surface area (Å²) in [7, 11) is -3.71. The number of aromatic hydroxyl groups is 1. The SMILES string of the molecule is NS(=O)(=O)c1ccc(CCNC(=O)c2cn3cccc(O)c3n2)cc1. The van der Waals surface area contributed by atoms with Crippen LogP contribution in [0.1, 0.15) is 16.1 Å². The van der Waals surface area contributed by atoms with Crippen LogP contribution in [-0.2, 0) is 16.4 Å². The number of nitrogens with zero attached hydrogens (tertiary/aromatic N) is 2. The lowest BCUT2D eigenvalue weighted by atomic mass is 10.1. The van der Waals surface area contributed by atoms with Crippen LogP contribution < -0.4 is 10.5 Å². The van der Waals surface area contributed by atoms with Crippen molar-refractivity contribution in [3.05, 3.63) is 60.0 Å². The van der Waals surface area contributed by atoms with Gasteiger partial charge in [0.1, 0.15) is 5.69 Å². The van der Waals surface area contributed by atoms with Crippen molar-refractivity contribution in [3.63, 3.8) is 0 Å². The van der Waals surface area contributed by atoms with Crippen LogP contribution in [0.25, 0.3) is 5.65 Å². The molecule has 130 valence electrons. The molecule has 0 radical (unpaired) electrons. The van der Waals surface area contributed by atoms with E-state index in [1.165, 1.54) is 24.4 Å². The maximum absolute atomic E-state index is 12.1. The molecular formula is C16H16N4O4S. The van der Waals surface area contributed by atoms with E-state index in [0.29, 0.717) is 18.6 Å². The van der Waals surface area contributed by atoms with E-state index < -0.39 is 10.0 Å². The highest BCUT2D eigenvalue weighted by molar-refractivity contribution is 7.89. The lowest BCUT2D eigenvalue weighted by Crippen LogP contribution is -2.26. The minimum absolute atomic E-state index is 0.00324. The van der Waals surface area contributed by atoms with Crippen molar-refractivity contribution in [2.75, 3.05) is 6.54 Å². The number of aromatic nitrogens is 2. The third kappa shape index (κ3) is 3.78. The van der Waals surface area contributed by atoms with Gasteiger partial charge < -0.3 is 14.8 Å². The molecule has 0 bridgehead atoms. The van der Waals surface area contributed by atoms with E-state index in [-0.39, 0.29) is 22.2 Å². The molecule has 0 spiro atoms. The third-order valence-corrected chi connectivity index (χ3v) is 4.58. The summed E-state index contributed by atoms with van der Waals surface area (Å²) in [6.45, 7) is 0.355. The summed E-state index contributed by atoms with van der Waals surface area (Å²) in [5.74, 6) is -0.360. The zero-order valence-corrected chi connectivity index (χ0v) is 13.9. The second-order valence-corrected chi connectivity index (χ2v) is 7.01. The fraction of sp³-hybridized carbons (Fsp3) is 0.125. The molecule has 8 nitrogen and oxygen atoms in total. The molecule has 0 saturated carbocycles. The molecule has 1 amide bonds. The smallest absolute Gasteiger partial charge is 0.271 e. The number of benzene rings is 1. The summed E-state index contributed by atoms with van der Waals surface area (Å²) >= 11 is 0. The van der Waals surface area contributed by atoms with Crippen LogP contribution in [0, 0.1) is 0 Å². The Labute approximate surface area is 144 Å². The molecule has 25 heavy (non-hydrogen) atoms. The number of primary sulfonamides is 1. The molecule has 0 atom stereocenters. The van der Waals surface area contributed by atoms with Crippen molar-refractivity contribution in [2.24, 2.45) is 5.14 Å². The predicted molar refractivity (Wildman–Crippen MR) is 90.7 cm³/mol. The Morgan fingerprint density at radius 1 is 1.24 bits per heavy atom. The molecule has 0 unspecified atom stereocenters. The maximum Gasteiger partial charge on any atom is 0.271 e. The molecule has 0 aliphatic heterocycles. The molecular weight excluding hydrogens is 344 g/mol. The molecule has 9 heteroatoms. The second-order valence-electron chi connectivity index (χ2n) is 5.45. The normalized spacial score (nSPS) is 11.6. The first-order valence-corrected chi connectivity index (χ1v) is 8.96. The summed E-state index contributed by atoms with van der Waals surface area (Å²) in [6.07, 6.45) is 3.74. The van der Waals surface area contributed by atoms with E-state index in [4.69, 9.17) is 5.14 Å². The van der Waals surface area contributed by atoms with Gasteiger partial charge in [0.2, 0.25) is 10.0 Å². The molecule has 0 aliphatic rings. The second kappa shape index (κ2) is 6.54. The molecule has 0 saturated heterocycles. The molecule has 3 rings (SSSR count). The van der Waals surface area contributed by atoms with Crippen LogP contribution in [0.3, 0.4) is 0 Å². The first-order chi connectivity index (χ1) is 11.8. The highest BCUT2D eigenvalue weighted by Gasteiger charge is 2.12. The highest BCUT2D eigenvalue weighted by atomic mass is 32.2. The molecule has 2 heterocycles. The average Bonchev–Trinajstić information content (AvgIpc) is 3.00. The van der Waals surface area contributed by atoms with E-state index in [0.717, 1.165) is 5.56 Å². The average molecular weight is 360 g/mol. The van der Waals surface area contributed by atoms with Crippen LogP contribution in [0.15, 0.2) is 53.7 Å². The third-order valence-electron chi connectivity index (χ3n) is 3.65. The van der Waals surface area contributed by atoms with Gasteiger partial charge in [-0.2, -0.15) is 0 Å². The van der Waals surface area contributed by atoms with Crippen LogP contribution >= 0.6 is 0 Å². The monoisotopic (exact) mass is 360 g/mol. The van der Waals surface area contributed by atoms with Gasteiger partial charge >= 0.3 is 0 Å². The van der Waals surface area contributed by atoms with E-state index in [2.05, 4.69) is 10.3 Å². The summed E-state index contributed by atoms with van der Waals surface area (Å²) < 4.78 is 24.0. The van der Waals surface area contributed by atoms with Crippen molar-refractivity contribution in [1.29, 1.82) is 0 Å². The lowest BCUT2D eigenvalue weighted by molar-refractivity contribution is 0.0950. The summed E-state index contributed by atoms with van der Waals surface area (Å²) in [4.78, 5) is 16.3. The fourth-order valence-electron chi connectivity index (χ4n) is 2.36. The first kappa shape index (κ1) is 16.9. The number of pyridine rings is 1. The van der Waals surface area contributed by atoms with Crippen LogP contribution in [0.4, 0.5) is 0 Å². The van der Waals surface area contributed by atoms with Crippen LogP contribution in [-0.4, -0.2) is 35.4 Å². The number of rotatable bonds is 5. The Morgan fingerprint density at radius 3 is 2.60 bits per heavy atom. The van der Waals surface area contributed by atoms with Gasteiger partial charge in [0, 0.05) is 18.9 Å². The van der Waals surface area contributed by atoms with Crippen LogP contribution in [0.5, 0.6) is 5.75 Å². The Morgan fingerprint density at radius 2 is 1.96 bits per heavy atom. The Balaban J connectivity index is 1.61. The van der Waals surface area contributed by atoms with E-state index in [9.17, 15) is 18.3 Å². The van der Waals surface area contributed by atoms with Gasteiger partial charge in [-0.1, -0.05) is 12.1 Å². The molecule has 0 fully saturated rings. The highest BCUT2D eigenvalue weighted by Crippen LogP contribution is 2.16. The van der Waals surface area contributed by atoms with Gasteiger partial charge in [0.15, 0.2) is 11.4 Å². The number of carbonyl (C=O) groups is 1. The number of amides is 1. The lowest BCUT2D eigenvalue weighted by Gasteiger charge is -2.04. The number of hydrogen-bond acceptors (Lipinski definition) is 5. The topological polar surface area (TPSA) is 127 Å². The van der Waals surface area contributed by atoms with Gasteiger partial charge in [-0.3, -0.25) is 4.79 Å². The summed E-state index contributed by atoms with van der Waals surface area (Å²) in [5.41, 5.74) is 1.37. The number of sulfonamides is 1. The number of nitrogens with one attached hydrogen (secondary N) is 1. The maximum atomic E-state index is 12.1. The van der Waals surface area contributed by atoms with Crippen LogP contribution in [0.2, 0.25) is 0 Å². The van der Waals surface area contributed by atoms with Gasteiger partial charge in [0.05, 0.1) is 4.90 Å². The Hall–Kier alpha value is -2.91. The van der Waals surface area contributed by atoms with Gasteiger partial charge in [0.25, 0.3) is 5.91 Å². The number of fused-ring (bicyclic) bond motifs is 1. The van der Waals surface area contributed by atoms with Crippen molar-refractivity contribution in [2.45, 2.75) is 11.3 Å². The molecule has 0 aliphatic carbocycles. The zero-order valence-electron chi connectivity index (χ0n) is 13.1. The minimum atomic E-state index is -3.71. The van der Waals surface area contributed by atoms with Gasteiger partial charge in [-0.05, 0) is 36.2 Å². The Bertz CT molecular complexity index is 1030. The van der Waals surface area contributed by atoms with Crippen molar-refractivity contribution in [3.8, 4) is 5.75 Å². The van der Waals surface area contributed by atoms with E-state index >= 15 is 0 Å². The number of imidazole rings is 1. The number of carbonyl (C=O) groups excluding carboxylic acids is 1. The first-order valence-electron chi connectivity index (χ1n) is 7.41. The zero-order chi connectivity index (χ0) is 18.0. The fourth-order valence-corrected chi connectivity index (χ4v) is 2.88. The Kier molecular flexibility index (Phi) is 4.43. The quantitative estimate of drug-likeness (QED) is 0.616. The van der Waals surface area contributed by atoms with E-state index in [1.54, 1.807) is 28.8 Å². The van der Waals surface area contributed by atoms with Crippen molar-refractivity contribution >= 4 is 21.6 Å². The van der Waals surface area contributed by atoms with Gasteiger partial charge in [-0.15, -0.1) is 0 Å². The predicted octanol–water partition coefficient (Wildman–Crippen LogP) is 0.660. The van der Waals surface area contributed by atoms with Crippen molar-refractivity contribution < 1.29 is 18.3 Å². The molecule has 3 aromatic rings. The van der Waals surface area contributed by atoms with Gasteiger partial charge in [-0.25, -0.2) is 18.5 Å². The molecule has 4 N–H and O–H groups in total. The van der Waals surface area contributed by atoms with E-state index in [1.807, 2.05) is 0 Å². The summed E-state index contributed by atoms with van der Waals surface area (Å²) in [5, 5.41) is 17.5.